The van der Waals surface area contributed by atoms with Crippen LogP contribution in [0.3, 0.4) is 0 Å². The summed E-state index contributed by atoms with van der Waals surface area (Å²) in [4.78, 5) is 14.0. The molecule has 1 N–H and O–H groups in total. The van der Waals surface area contributed by atoms with Crippen molar-refractivity contribution in [2.45, 2.75) is 0 Å². The number of amidine groups is 2. The van der Waals surface area contributed by atoms with E-state index in [2.05, 4.69) is 155 Å². The summed E-state index contributed by atoms with van der Waals surface area (Å²) in [6.07, 6.45) is 5.45. The molecular formula is C58H39N5. The molecule has 0 bridgehead atoms. The molecule has 11 rings (SSSR count). The summed E-state index contributed by atoms with van der Waals surface area (Å²) in [5.41, 5.74) is 12.8. The number of pyridine rings is 1. The third kappa shape index (κ3) is 6.88. The number of hydrogen-bond donors (Lipinski definition) is 1. The molecule has 296 valence electrons. The Labute approximate surface area is 365 Å². The lowest BCUT2D eigenvalue weighted by molar-refractivity contribution is 1.18. The quantitative estimate of drug-likeness (QED) is 0.127. The Kier molecular flexibility index (Phi) is 9.60. The molecule has 2 heterocycles. The smallest absolute Gasteiger partial charge is 0.161 e. The molecule has 0 radical (unpaired) electrons. The van der Waals surface area contributed by atoms with Gasteiger partial charge < -0.3 is 4.57 Å². The fraction of sp³-hybridized carbons (Fsp3) is 0. The van der Waals surface area contributed by atoms with Crippen molar-refractivity contribution in [3.63, 3.8) is 0 Å². The number of nitrogens with one attached hydrogen (secondary N) is 1. The van der Waals surface area contributed by atoms with Crippen molar-refractivity contribution in [3.05, 3.63) is 241 Å². The predicted octanol–water partition coefficient (Wildman–Crippen LogP) is 14.4. The molecule has 0 amide bonds. The molecule has 0 aliphatic heterocycles. The second-order valence-electron chi connectivity index (χ2n) is 15.6. The molecular weight excluding hydrogens is 767 g/mol. The van der Waals surface area contributed by atoms with Gasteiger partial charge in [0.2, 0.25) is 0 Å². The average Bonchev–Trinajstić information content (AvgIpc) is 3.70. The first kappa shape index (κ1) is 37.5. The monoisotopic (exact) mass is 805 g/mol. The van der Waals surface area contributed by atoms with E-state index < -0.39 is 0 Å². The van der Waals surface area contributed by atoms with E-state index in [1.54, 1.807) is 6.20 Å². The van der Waals surface area contributed by atoms with Gasteiger partial charge >= 0.3 is 0 Å². The van der Waals surface area contributed by atoms with Crippen molar-refractivity contribution < 1.29 is 0 Å². The fourth-order valence-corrected chi connectivity index (χ4v) is 8.96. The van der Waals surface area contributed by atoms with Crippen LogP contribution in [0.25, 0.3) is 82.4 Å². The highest BCUT2D eigenvalue weighted by atomic mass is 15.0. The van der Waals surface area contributed by atoms with Crippen LogP contribution in [0.15, 0.2) is 235 Å². The molecule has 2 aromatic heterocycles. The van der Waals surface area contributed by atoms with Gasteiger partial charge in [0.1, 0.15) is 0 Å². The number of para-hydroxylation sites is 2. The van der Waals surface area contributed by atoms with Crippen LogP contribution in [-0.4, -0.2) is 27.4 Å². The zero-order valence-electron chi connectivity index (χ0n) is 34.2. The molecule has 0 saturated carbocycles. The molecule has 0 unspecified atom stereocenters. The van der Waals surface area contributed by atoms with Crippen LogP contribution in [0.4, 0.5) is 0 Å². The third-order valence-corrected chi connectivity index (χ3v) is 11.9. The summed E-state index contributed by atoms with van der Waals surface area (Å²) in [5, 5.41) is 16.3. The van der Waals surface area contributed by atoms with Crippen molar-refractivity contribution in [2.24, 2.45) is 9.98 Å². The molecule has 0 aliphatic rings. The first-order valence-corrected chi connectivity index (χ1v) is 21.1. The van der Waals surface area contributed by atoms with Gasteiger partial charge in [-0.1, -0.05) is 176 Å². The predicted molar refractivity (Wildman–Crippen MR) is 264 cm³/mol. The van der Waals surface area contributed by atoms with Crippen LogP contribution in [0.2, 0.25) is 0 Å². The summed E-state index contributed by atoms with van der Waals surface area (Å²) in [6.45, 7) is 0. The van der Waals surface area contributed by atoms with E-state index in [9.17, 15) is 5.41 Å². The molecule has 63 heavy (non-hydrogen) atoms. The molecule has 5 nitrogen and oxygen atoms in total. The highest BCUT2D eigenvalue weighted by Gasteiger charge is 2.19. The van der Waals surface area contributed by atoms with Gasteiger partial charge in [-0.3, -0.25) is 10.4 Å². The van der Waals surface area contributed by atoms with Gasteiger partial charge in [0.15, 0.2) is 11.7 Å². The normalized spacial score (nSPS) is 11.9. The van der Waals surface area contributed by atoms with Gasteiger partial charge in [-0.05, 0) is 96.9 Å². The van der Waals surface area contributed by atoms with Gasteiger partial charge in [0.25, 0.3) is 0 Å². The highest BCUT2D eigenvalue weighted by Crippen LogP contribution is 2.43. The summed E-state index contributed by atoms with van der Waals surface area (Å²) in [6, 6.07) is 73.9. The lowest BCUT2D eigenvalue weighted by Crippen LogP contribution is -2.05. The van der Waals surface area contributed by atoms with Gasteiger partial charge in [0, 0.05) is 46.2 Å². The maximum Gasteiger partial charge on any atom is 0.161 e. The standard InChI is InChI=1S/C58H39N5/c59-57(62-58(41-15-3-1-4-16-41)61-37-39-28-30-40(31-29-39)42-17-14-36-60-38-42)52-35-34-49(46-22-9-10-23-47(46)52)48-32-33-50(45-21-8-7-20-44(45)48)51-25-13-27-55-56(51)53-24-11-12-26-54(53)63(55)43-18-5-2-6-19-43/h1-38,59H. The van der Waals surface area contributed by atoms with Crippen LogP contribution in [0.1, 0.15) is 16.7 Å². The Morgan fingerprint density at radius 2 is 1.05 bits per heavy atom. The minimum absolute atomic E-state index is 0.142. The maximum absolute atomic E-state index is 9.44. The van der Waals surface area contributed by atoms with Crippen molar-refractivity contribution in [2.75, 3.05) is 0 Å². The Hall–Kier alpha value is -8.54. The first-order chi connectivity index (χ1) is 31.2. The Bertz CT molecular complexity index is 3550. The Morgan fingerprint density at radius 1 is 0.460 bits per heavy atom. The van der Waals surface area contributed by atoms with Crippen LogP contribution < -0.4 is 0 Å². The van der Waals surface area contributed by atoms with Gasteiger partial charge in [-0.25, -0.2) is 9.98 Å². The number of hydrogen-bond acceptors (Lipinski definition) is 2. The lowest BCUT2D eigenvalue weighted by Gasteiger charge is -2.16. The molecule has 0 saturated heterocycles. The Morgan fingerprint density at radius 3 is 1.75 bits per heavy atom. The van der Waals surface area contributed by atoms with E-state index in [1.807, 2.05) is 79.1 Å². The summed E-state index contributed by atoms with van der Waals surface area (Å²) < 4.78 is 2.37. The number of aliphatic imine (C=N–C) groups is 2. The number of rotatable bonds is 7. The molecule has 0 aliphatic carbocycles. The van der Waals surface area contributed by atoms with E-state index in [4.69, 9.17) is 9.98 Å². The van der Waals surface area contributed by atoms with E-state index >= 15 is 0 Å². The number of benzene rings is 9. The number of nitrogens with zero attached hydrogens (tertiary/aromatic N) is 4. The van der Waals surface area contributed by atoms with E-state index in [1.165, 1.54) is 43.7 Å². The third-order valence-electron chi connectivity index (χ3n) is 11.9. The Balaban J connectivity index is 0.994. The van der Waals surface area contributed by atoms with Crippen LogP contribution in [0, 0.1) is 5.41 Å². The minimum atomic E-state index is 0.142. The number of fused-ring (bicyclic) bond motifs is 5. The SMILES string of the molecule is N=C(N=C(N=Cc1ccc(-c2cccnc2)cc1)c1ccccc1)c1ccc(-c2ccc(-c3cccc4c3c3ccccc3n4-c3ccccc3)c3ccccc23)c2ccccc12. The second kappa shape index (κ2) is 16.1. The molecule has 9 aromatic carbocycles. The van der Waals surface area contributed by atoms with Crippen LogP contribution >= 0.6 is 0 Å². The largest absolute Gasteiger partial charge is 0.309 e. The van der Waals surface area contributed by atoms with E-state index in [0.717, 1.165) is 55.4 Å². The van der Waals surface area contributed by atoms with E-state index in [0.29, 0.717) is 5.84 Å². The maximum atomic E-state index is 9.44. The highest BCUT2D eigenvalue weighted by molar-refractivity contribution is 6.21. The molecule has 11 aromatic rings. The number of aromatic nitrogens is 2. The molecule has 0 atom stereocenters. The summed E-state index contributed by atoms with van der Waals surface area (Å²) >= 11 is 0. The van der Waals surface area contributed by atoms with Gasteiger partial charge in [-0.2, -0.15) is 0 Å². The summed E-state index contributed by atoms with van der Waals surface area (Å²) in [5.74, 6) is 0.609. The van der Waals surface area contributed by atoms with Gasteiger partial charge in [0.05, 0.1) is 11.0 Å². The summed E-state index contributed by atoms with van der Waals surface area (Å²) in [7, 11) is 0. The second-order valence-corrected chi connectivity index (χ2v) is 15.6. The minimum Gasteiger partial charge on any atom is -0.309 e. The lowest BCUT2D eigenvalue weighted by atomic mass is 9.88. The van der Waals surface area contributed by atoms with Crippen molar-refractivity contribution >= 4 is 61.2 Å². The van der Waals surface area contributed by atoms with E-state index in [-0.39, 0.29) is 5.84 Å². The zero-order chi connectivity index (χ0) is 42.1. The van der Waals surface area contributed by atoms with Crippen molar-refractivity contribution in [1.82, 2.24) is 9.55 Å². The average molecular weight is 806 g/mol. The van der Waals surface area contributed by atoms with Crippen LogP contribution in [0.5, 0.6) is 0 Å². The molecule has 0 fully saturated rings. The van der Waals surface area contributed by atoms with Gasteiger partial charge in [-0.15, -0.1) is 0 Å². The first-order valence-electron chi connectivity index (χ1n) is 21.1. The molecule has 5 heteroatoms. The molecule has 0 spiro atoms. The topological polar surface area (TPSA) is 66.4 Å². The van der Waals surface area contributed by atoms with Crippen molar-refractivity contribution in [3.8, 4) is 39.1 Å². The zero-order valence-corrected chi connectivity index (χ0v) is 34.2. The fourth-order valence-electron chi connectivity index (χ4n) is 8.96. The van der Waals surface area contributed by atoms with Crippen LogP contribution in [-0.2, 0) is 0 Å². The van der Waals surface area contributed by atoms with Crippen molar-refractivity contribution in [1.29, 1.82) is 5.41 Å².